The fourth-order valence-electron chi connectivity index (χ4n) is 3.35. The molecule has 1 atom stereocenters. The van der Waals surface area contributed by atoms with Crippen molar-refractivity contribution in [1.82, 2.24) is 14.6 Å². The molecule has 23 heavy (non-hydrogen) atoms. The zero-order chi connectivity index (χ0) is 16.1. The number of nitrogens with zero attached hydrogens (tertiary/aromatic N) is 3. The zero-order valence-corrected chi connectivity index (χ0v) is 13.0. The lowest BCUT2D eigenvalue weighted by Crippen LogP contribution is -2.21. The molecule has 0 spiro atoms. The van der Waals surface area contributed by atoms with Crippen molar-refractivity contribution in [3.8, 4) is 11.1 Å². The van der Waals surface area contributed by atoms with Crippen molar-refractivity contribution in [2.45, 2.75) is 26.7 Å². The third kappa shape index (κ3) is 2.15. The van der Waals surface area contributed by atoms with Crippen molar-refractivity contribution in [2.75, 3.05) is 0 Å². The summed E-state index contributed by atoms with van der Waals surface area (Å²) in [5.74, 6) is 0.164. The van der Waals surface area contributed by atoms with E-state index in [1.165, 1.54) is 12.1 Å². The van der Waals surface area contributed by atoms with E-state index in [2.05, 4.69) is 17.0 Å². The van der Waals surface area contributed by atoms with Gasteiger partial charge in [-0.2, -0.15) is 5.10 Å². The van der Waals surface area contributed by atoms with E-state index in [-0.39, 0.29) is 11.6 Å². The van der Waals surface area contributed by atoms with Crippen LogP contribution in [0.2, 0.25) is 0 Å². The molecule has 1 aliphatic rings. The number of ketones is 1. The first kappa shape index (κ1) is 14.1. The number of aryl methyl sites for hydroxylation is 1. The smallest absolute Gasteiger partial charge is 0.166 e. The van der Waals surface area contributed by atoms with E-state index in [1.54, 1.807) is 22.8 Å². The van der Waals surface area contributed by atoms with Gasteiger partial charge in [0.05, 0.1) is 17.0 Å². The van der Waals surface area contributed by atoms with Gasteiger partial charge in [-0.3, -0.25) is 4.79 Å². The number of halogens is 1. The quantitative estimate of drug-likeness (QED) is 0.690. The van der Waals surface area contributed by atoms with Crippen LogP contribution >= 0.6 is 0 Å². The topological polar surface area (TPSA) is 47.3 Å². The molecule has 3 aromatic rings. The molecule has 1 aliphatic carbocycles. The molecule has 2 aromatic heterocycles. The van der Waals surface area contributed by atoms with Gasteiger partial charge in [0.2, 0.25) is 0 Å². The van der Waals surface area contributed by atoms with Gasteiger partial charge >= 0.3 is 0 Å². The van der Waals surface area contributed by atoms with Gasteiger partial charge in [-0.1, -0.05) is 19.1 Å². The lowest BCUT2D eigenvalue weighted by Gasteiger charge is -2.20. The Morgan fingerprint density at radius 1 is 1.22 bits per heavy atom. The minimum absolute atomic E-state index is 0.129. The van der Waals surface area contributed by atoms with Crippen LogP contribution in [0.25, 0.3) is 16.8 Å². The summed E-state index contributed by atoms with van der Waals surface area (Å²) < 4.78 is 15.0. The predicted molar refractivity (Wildman–Crippen MR) is 84.9 cm³/mol. The first-order valence-electron chi connectivity index (χ1n) is 7.71. The molecule has 0 bridgehead atoms. The van der Waals surface area contributed by atoms with Crippen LogP contribution in [0, 0.1) is 18.7 Å². The lowest BCUT2D eigenvalue weighted by molar-refractivity contribution is 0.0951. The number of fused-ring (bicyclic) bond motifs is 3. The SMILES string of the molecule is Cc1nn2c3c(cnc2c1-c1ccc(F)cc1)C(=O)CC(C)C3. The van der Waals surface area contributed by atoms with E-state index < -0.39 is 0 Å². The van der Waals surface area contributed by atoms with E-state index in [1.807, 2.05) is 6.92 Å². The van der Waals surface area contributed by atoms with Gasteiger partial charge < -0.3 is 0 Å². The van der Waals surface area contributed by atoms with Gasteiger partial charge in [0.25, 0.3) is 0 Å². The van der Waals surface area contributed by atoms with Gasteiger partial charge in [0.15, 0.2) is 11.4 Å². The number of hydrogen-bond acceptors (Lipinski definition) is 3. The van der Waals surface area contributed by atoms with Crippen LogP contribution < -0.4 is 0 Å². The number of carbonyl (C=O) groups excluding carboxylic acids is 1. The fourth-order valence-corrected chi connectivity index (χ4v) is 3.35. The van der Waals surface area contributed by atoms with Gasteiger partial charge in [-0.05, 0) is 37.0 Å². The van der Waals surface area contributed by atoms with Crippen molar-refractivity contribution in [3.63, 3.8) is 0 Å². The fraction of sp³-hybridized carbons (Fsp3) is 0.278. The average molecular weight is 309 g/mol. The maximum atomic E-state index is 13.2. The first-order valence-corrected chi connectivity index (χ1v) is 7.71. The summed E-state index contributed by atoms with van der Waals surface area (Å²) in [5.41, 5.74) is 4.90. The Balaban J connectivity index is 1.98. The number of Topliss-reactive ketones (excluding diaryl/α,β-unsaturated/α-hetero) is 1. The molecule has 5 heteroatoms. The monoisotopic (exact) mass is 309 g/mol. The molecule has 1 aromatic carbocycles. The minimum atomic E-state index is -0.271. The third-order valence-electron chi connectivity index (χ3n) is 4.43. The maximum absolute atomic E-state index is 13.2. The molecule has 0 aliphatic heterocycles. The van der Waals surface area contributed by atoms with Crippen LogP contribution in [0.15, 0.2) is 30.5 Å². The largest absolute Gasteiger partial charge is 0.294 e. The molecule has 116 valence electrons. The Labute approximate surface area is 133 Å². The maximum Gasteiger partial charge on any atom is 0.166 e. The molecule has 0 fully saturated rings. The van der Waals surface area contributed by atoms with Crippen LogP contribution in [0.1, 0.15) is 35.1 Å². The van der Waals surface area contributed by atoms with Crippen molar-refractivity contribution in [2.24, 2.45) is 5.92 Å². The lowest BCUT2D eigenvalue weighted by atomic mass is 9.88. The van der Waals surface area contributed by atoms with Crippen LogP contribution in [0.4, 0.5) is 4.39 Å². The number of rotatable bonds is 1. The highest BCUT2D eigenvalue weighted by atomic mass is 19.1. The summed E-state index contributed by atoms with van der Waals surface area (Å²) in [6.45, 7) is 3.98. The van der Waals surface area contributed by atoms with Gasteiger partial charge in [0, 0.05) is 18.2 Å². The third-order valence-corrected chi connectivity index (χ3v) is 4.43. The Morgan fingerprint density at radius 3 is 2.70 bits per heavy atom. The summed E-state index contributed by atoms with van der Waals surface area (Å²) in [5, 5.41) is 4.60. The van der Waals surface area contributed by atoms with Crippen molar-refractivity contribution < 1.29 is 9.18 Å². The highest BCUT2D eigenvalue weighted by Gasteiger charge is 2.27. The van der Waals surface area contributed by atoms with Crippen molar-refractivity contribution in [1.29, 1.82) is 0 Å². The Bertz CT molecular complexity index is 928. The molecule has 1 unspecified atom stereocenters. The molecule has 4 nitrogen and oxygen atoms in total. The van der Waals surface area contributed by atoms with E-state index in [0.29, 0.717) is 17.9 Å². The Morgan fingerprint density at radius 2 is 1.96 bits per heavy atom. The molecule has 0 N–H and O–H groups in total. The molecule has 0 saturated carbocycles. The van der Waals surface area contributed by atoms with Crippen LogP contribution in [0.3, 0.4) is 0 Å². The predicted octanol–water partition coefficient (Wildman–Crippen LogP) is 3.61. The van der Waals surface area contributed by atoms with Crippen LogP contribution in [-0.2, 0) is 6.42 Å². The average Bonchev–Trinajstić information content (AvgIpc) is 2.85. The Kier molecular flexibility index (Phi) is 3.04. The van der Waals surface area contributed by atoms with E-state index in [0.717, 1.165) is 34.6 Å². The standard InChI is InChI=1S/C18H16FN3O/c1-10-7-15-14(16(23)8-10)9-20-18-17(11(2)21-22(15)18)12-3-5-13(19)6-4-12/h3-6,9-10H,7-8H2,1-2H3. The normalized spacial score (nSPS) is 17.5. The number of hydrogen-bond donors (Lipinski definition) is 0. The summed E-state index contributed by atoms with van der Waals surface area (Å²) in [6.07, 6.45) is 3.03. The van der Waals surface area contributed by atoms with Gasteiger partial charge in [-0.15, -0.1) is 0 Å². The first-order chi connectivity index (χ1) is 11.0. The van der Waals surface area contributed by atoms with Crippen LogP contribution in [0.5, 0.6) is 0 Å². The minimum Gasteiger partial charge on any atom is -0.294 e. The number of aromatic nitrogens is 3. The van der Waals surface area contributed by atoms with E-state index in [9.17, 15) is 9.18 Å². The van der Waals surface area contributed by atoms with Crippen molar-refractivity contribution >= 4 is 11.4 Å². The second kappa shape index (κ2) is 4.98. The van der Waals surface area contributed by atoms with E-state index in [4.69, 9.17) is 0 Å². The second-order valence-electron chi connectivity index (χ2n) is 6.26. The zero-order valence-electron chi connectivity index (χ0n) is 13.0. The number of benzene rings is 1. The highest BCUT2D eigenvalue weighted by molar-refractivity contribution is 5.98. The van der Waals surface area contributed by atoms with E-state index >= 15 is 0 Å². The molecule has 0 radical (unpaired) electrons. The molecule has 0 saturated heterocycles. The molecular formula is C18H16FN3O. The summed E-state index contributed by atoms with van der Waals surface area (Å²) in [7, 11) is 0. The molecule has 0 amide bonds. The van der Waals surface area contributed by atoms with Crippen LogP contribution in [-0.4, -0.2) is 20.4 Å². The van der Waals surface area contributed by atoms with Crippen molar-refractivity contribution in [3.05, 3.63) is 53.2 Å². The summed E-state index contributed by atoms with van der Waals surface area (Å²) in [6, 6.07) is 6.33. The second-order valence-corrected chi connectivity index (χ2v) is 6.26. The molecule has 4 rings (SSSR count). The molecule has 2 heterocycles. The molecular weight excluding hydrogens is 293 g/mol. The summed E-state index contributed by atoms with van der Waals surface area (Å²) in [4.78, 5) is 16.7. The number of carbonyl (C=O) groups is 1. The van der Waals surface area contributed by atoms with Gasteiger partial charge in [-0.25, -0.2) is 13.9 Å². The van der Waals surface area contributed by atoms with Gasteiger partial charge in [0.1, 0.15) is 5.82 Å². The highest BCUT2D eigenvalue weighted by Crippen LogP contribution is 2.31. The summed E-state index contributed by atoms with van der Waals surface area (Å²) >= 11 is 0. The Hall–Kier alpha value is -2.56.